The van der Waals surface area contributed by atoms with Crippen molar-refractivity contribution in [2.45, 2.75) is 11.1 Å². The average Bonchev–Trinajstić information content (AvgIpc) is 3.12. The van der Waals surface area contributed by atoms with Gasteiger partial charge in [0, 0.05) is 24.1 Å². The van der Waals surface area contributed by atoms with Crippen molar-refractivity contribution in [1.82, 2.24) is 19.9 Å². The fraction of sp³-hybridized carbons (Fsp3) is 0.312. The Bertz CT molecular complexity index is 888. The molecule has 1 unspecified atom stereocenters. The van der Waals surface area contributed by atoms with E-state index in [1.165, 1.54) is 18.1 Å². The summed E-state index contributed by atoms with van der Waals surface area (Å²) in [5, 5.41) is 14.1. The number of fused-ring (bicyclic) bond motifs is 1. The van der Waals surface area contributed by atoms with E-state index in [1.807, 2.05) is 12.1 Å². The number of nitrogen functional groups attached to an aromatic ring is 1. The molecule has 0 radical (unpaired) electrons. The Morgan fingerprint density at radius 2 is 2.08 bits per heavy atom. The van der Waals surface area contributed by atoms with Crippen LogP contribution in [0.4, 0.5) is 11.6 Å². The lowest BCUT2D eigenvalue weighted by Gasteiger charge is -2.14. The van der Waals surface area contributed by atoms with Gasteiger partial charge in [-0.1, -0.05) is 0 Å². The molecule has 0 aliphatic carbocycles. The van der Waals surface area contributed by atoms with Crippen molar-refractivity contribution in [3.63, 3.8) is 0 Å². The number of aromatic amines is 1. The number of hydrogen-bond donors (Lipinski definition) is 4. The Hall–Kier alpha value is -2.72. The smallest absolute Gasteiger partial charge is 0.223 e. The average molecular weight is 376 g/mol. The second kappa shape index (κ2) is 8.11. The molecular weight excluding hydrogens is 356 g/mol. The van der Waals surface area contributed by atoms with Gasteiger partial charge in [0.1, 0.15) is 10.5 Å². The predicted molar refractivity (Wildman–Crippen MR) is 101 cm³/mol. The van der Waals surface area contributed by atoms with Crippen LogP contribution in [0.15, 0.2) is 29.6 Å². The maximum absolute atomic E-state index is 10.3. The van der Waals surface area contributed by atoms with Gasteiger partial charge in [-0.2, -0.15) is 4.98 Å². The second-order valence-electron chi connectivity index (χ2n) is 5.40. The van der Waals surface area contributed by atoms with Gasteiger partial charge in [0.05, 0.1) is 26.7 Å². The summed E-state index contributed by atoms with van der Waals surface area (Å²) in [6.07, 6.45) is 0.944. The SMILES string of the molecule is COc1ccc(NCC(O)CSc2nc(N)nc3nc[nH]c23)cc1OC. The van der Waals surface area contributed by atoms with Gasteiger partial charge < -0.3 is 30.6 Å². The molecular formula is C16H20N6O3S. The molecule has 2 heterocycles. The van der Waals surface area contributed by atoms with Gasteiger partial charge in [-0.25, -0.2) is 9.97 Å². The molecule has 0 aliphatic heterocycles. The number of nitrogens with two attached hydrogens (primary N) is 1. The number of nitrogens with one attached hydrogen (secondary N) is 2. The molecule has 0 bridgehead atoms. The molecule has 0 aliphatic rings. The summed E-state index contributed by atoms with van der Waals surface area (Å²) in [4.78, 5) is 15.3. The number of nitrogens with zero attached hydrogens (tertiary/aromatic N) is 3. The summed E-state index contributed by atoms with van der Waals surface area (Å²) in [6.45, 7) is 0.370. The zero-order chi connectivity index (χ0) is 18.5. The van der Waals surface area contributed by atoms with Crippen LogP contribution in [0.5, 0.6) is 11.5 Å². The fourth-order valence-electron chi connectivity index (χ4n) is 2.34. The van der Waals surface area contributed by atoms with E-state index >= 15 is 0 Å². The molecule has 138 valence electrons. The minimum absolute atomic E-state index is 0.157. The van der Waals surface area contributed by atoms with Crippen LogP contribution in [-0.4, -0.2) is 57.7 Å². The number of thioether (sulfide) groups is 1. The summed E-state index contributed by atoms with van der Waals surface area (Å²) in [5.41, 5.74) is 7.74. The number of benzene rings is 1. The van der Waals surface area contributed by atoms with Gasteiger partial charge >= 0.3 is 0 Å². The van der Waals surface area contributed by atoms with E-state index in [2.05, 4.69) is 25.3 Å². The molecule has 26 heavy (non-hydrogen) atoms. The lowest BCUT2D eigenvalue weighted by molar-refractivity contribution is 0.213. The van der Waals surface area contributed by atoms with E-state index in [0.29, 0.717) is 40.0 Å². The topological polar surface area (TPSA) is 131 Å². The van der Waals surface area contributed by atoms with Crippen molar-refractivity contribution < 1.29 is 14.6 Å². The number of anilines is 2. The Morgan fingerprint density at radius 1 is 1.27 bits per heavy atom. The normalized spacial score (nSPS) is 12.1. The highest BCUT2D eigenvalue weighted by atomic mass is 32.2. The Labute approximate surface area is 154 Å². The number of aliphatic hydroxyl groups is 1. The Balaban J connectivity index is 1.57. The van der Waals surface area contributed by atoms with Gasteiger partial charge in [0.2, 0.25) is 5.95 Å². The molecule has 2 aromatic heterocycles. The zero-order valence-electron chi connectivity index (χ0n) is 14.4. The third-order valence-corrected chi connectivity index (χ3v) is 4.73. The van der Waals surface area contributed by atoms with E-state index in [-0.39, 0.29) is 5.95 Å². The molecule has 1 aromatic carbocycles. The van der Waals surface area contributed by atoms with Crippen LogP contribution in [0.3, 0.4) is 0 Å². The largest absolute Gasteiger partial charge is 0.493 e. The first-order valence-corrected chi connectivity index (χ1v) is 8.82. The third-order valence-electron chi connectivity index (χ3n) is 3.61. The molecule has 9 nitrogen and oxygen atoms in total. The van der Waals surface area contributed by atoms with Crippen LogP contribution >= 0.6 is 11.8 Å². The van der Waals surface area contributed by atoms with Crippen molar-refractivity contribution in [1.29, 1.82) is 0 Å². The molecule has 0 saturated carbocycles. The van der Waals surface area contributed by atoms with Gasteiger partial charge in [-0.15, -0.1) is 11.8 Å². The summed E-state index contributed by atoms with van der Waals surface area (Å²) in [5.74, 6) is 1.87. The first-order valence-electron chi connectivity index (χ1n) is 7.84. The monoisotopic (exact) mass is 376 g/mol. The van der Waals surface area contributed by atoms with E-state index in [0.717, 1.165) is 5.69 Å². The lowest BCUT2D eigenvalue weighted by atomic mass is 10.2. The molecule has 10 heteroatoms. The van der Waals surface area contributed by atoms with Gasteiger partial charge in [0.15, 0.2) is 17.1 Å². The number of rotatable bonds is 8. The maximum Gasteiger partial charge on any atom is 0.223 e. The fourth-order valence-corrected chi connectivity index (χ4v) is 3.26. The van der Waals surface area contributed by atoms with Crippen molar-refractivity contribution in [2.24, 2.45) is 0 Å². The van der Waals surface area contributed by atoms with E-state index in [9.17, 15) is 5.11 Å². The van der Waals surface area contributed by atoms with Gasteiger partial charge in [-0.3, -0.25) is 0 Å². The maximum atomic E-state index is 10.3. The highest BCUT2D eigenvalue weighted by Crippen LogP contribution is 2.30. The number of methoxy groups -OCH3 is 2. The third kappa shape index (κ3) is 4.09. The molecule has 5 N–H and O–H groups in total. The van der Waals surface area contributed by atoms with Crippen LogP contribution < -0.4 is 20.5 Å². The number of ether oxygens (including phenoxy) is 2. The van der Waals surface area contributed by atoms with Crippen molar-refractivity contribution in [3.05, 3.63) is 24.5 Å². The molecule has 3 rings (SSSR count). The van der Waals surface area contributed by atoms with Crippen LogP contribution in [0.2, 0.25) is 0 Å². The molecule has 0 amide bonds. The van der Waals surface area contributed by atoms with Crippen molar-refractivity contribution in [2.75, 3.05) is 37.6 Å². The van der Waals surface area contributed by atoms with Gasteiger partial charge in [0.25, 0.3) is 0 Å². The molecule has 3 aromatic rings. The van der Waals surface area contributed by atoms with E-state index in [1.54, 1.807) is 20.3 Å². The summed E-state index contributed by atoms with van der Waals surface area (Å²) < 4.78 is 10.5. The minimum atomic E-state index is -0.595. The first-order chi connectivity index (χ1) is 12.6. The molecule has 0 saturated heterocycles. The van der Waals surface area contributed by atoms with Crippen LogP contribution in [0.1, 0.15) is 0 Å². The lowest BCUT2D eigenvalue weighted by Crippen LogP contribution is -2.22. The molecule has 1 atom stereocenters. The summed E-state index contributed by atoms with van der Waals surface area (Å²) in [7, 11) is 3.17. The number of imidazole rings is 1. The summed E-state index contributed by atoms with van der Waals surface area (Å²) in [6, 6.07) is 5.49. The Kier molecular flexibility index (Phi) is 5.64. The van der Waals surface area contributed by atoms with E-state index in [4.69, 9.17) is 15.2 Å². The predicted octanol–water partition coefficient (Wildman–Crippen LogP) is 1.52. The first kappa shape index (κ1) is 18.1. The Morgan fingerprint density at radius 3 is 2.85 bits per heavy atom. The van der Waals surface area contributed by atoms with Gasteiger partial charge in [-0.05, 0) is 12.1 Å². The number of aromatic nitrogens is 4. The van der Waals surface area contributed by atoms with Crippen molar-refractivity contribution >= 4 is 34.6 Å². The minimum Gasteiger partial charge on any atom is -0.493 e. The van der Waals surface area contributed by atoms with Crippen LogP contribution in [0.25, 0.3) is 11.2 Å². The molecule has 0 spiro atoms. The summed E-state index contributed by atoms with van der Waals surface area (Å²) >= 11 is 1.39. The van der Waals surface area contributed by atoms with E-state index < -0.39 is 6.10 Å². The highest BCUT2D eigenvalue weighted by molar-refractivity contribution is 7.99. The van der Waals surface area contributed by atoms with Crippen molar-refractivity contribution in [3.8, 4) is 11.5 Å². The van der Waals surface area contributed by atoms with Crippen LogP contribution in [-0.2, 0) is 0 Å². The highest BCUT2D eigenvalue weighted by Gasteiger charge is 2.12. The number of H-pyrrole nitrogens is 1. The molecule has 0 fully saturated rings. The number of aliphatic hydroxyl groups excluding tert-OH is 1. The number of hydrogen-bond acceptors (Lipinski definition) is 9. The zero-order valence-corrected chi connectivity index (χ0v) is 15.2. The second-order valence-corrected chi connectivity index (χ2v) is 6.41. The standard InChI is InChI=1S/C16H20N6O3S/c1-24-11-4-3-9(5-12(11)25-2)18-6-10(23)7-26-15-13-14(20-8-19-13)21-16(17)22-15/h3-5,8,10,18,23H,6-7H2,1-2H3,(H3,17,19,20,21,22). The quantitative estimate of drug-likeness (QED) is 0.341. The van der Waals surface area contributed by atoms with Crippen LogP contribution in [0, 0.1) is 0 Å².